The van der Waals surface area contributed by atoms with Crippen LogP contribution in [0.15, 0.2) is 46.2 Å². The van der Waals surface area contributed by atoms with Crippen LogP contribution in [0.1, 0.15) is 29.7 Å². The molecule has 2 aromatic rings. The molecule has 0 fully saturated rings. The Morgan fingerprint density at radius 3 is 2.37 bits per heavy atom. The van der Waals surface area contributed by atoms with Crippen LogP contribution < -0.4 is 5.73 Å². The van der Waals surface area contributed by atoms with Crippen LogP contribution in [0.25, 0.3) is 0 Å². The van der Waals surface area contributed by atoms with Gasteiger partial charge in [0.2, 0.25) is 0 Å². The average molecular weight is 275 g/mol. The second-order valence-corrected chi connectivity index (χ2v) is 5.88. The highest BCUT2D eigenvalue weighted by molar-refractivity contribution is 7.99. The summed E-state index contributed by atoms with van der Waals surface area (Å²) in [5.74, 6) is -0.193. The van der Waals surface area contributed by atoms with Gasteiger partial charge in [-0.2, -0.15) is 0 Å². The van der Waals surface area contributed by atoms with Crippen molar-refractivity contribution in [3.8, 4) is 0 Å². The molecule has 2 N–H and O–H groups in total. The minimum atomic E-state index is -0.193. The first kappa shape index (κ1) is 14.1. The van der Waals surface area contributed by atoms with E-state index in [2.05, 4.69) is 19.1 Å². The summed E-state index contributed by atoms with van der Waals surface area (Å²) in [5.41, 5.74) is 8.67. The maximum atomic E-state index is 13.7. The van der Waals surface area contributed by atoms with Gasteiger partial charge >= 0.3 is 0 Å². The van der Waals surface area contributed by atoms with Crippen LogP contribution in [0.4, 0.5) is 4.39 Å². The quantitative estimate of drug-likeness (QED) is 0.885. The van der Waals surface area contributed by atoms with Crippen molar-refractivity contribution in [3.63, 3.8) is 0 Å². The van der Waals surface area contributed by atoms with E-state index in [1.807, 2.05) is 25.1 Å². The molecule has 0 heterocycles. The summed E-state index contributed by atoms with van der Waals surface area (Å²) in [6.45, 7) is 5.73. The smallest absolute Gasteiger partial charge is 0.126 e. The lowest BCUT2D eigenvalue weighted by Crippen LogP contribution is -2.07. The molecule has 0 amide bonds. The Morgan fingerprint density at radius 1 is 1.05 bits per heavy atom. The average Bonchev–Trinajstić information content (AvgIpc) is 2.36. The zero-order valence-corrected chi connectivity index (χ0v) is 12.2. The molecule has 0 bridgehead atoms. The molecule has 19 heavy (non-hydrogen) atoms. The lowest BCUT2D eigenvalue weighted by Gasteiger charge is -2.15. The zero-order chi connectivity index (χ0) is 14.0. The fourth-order valence-electron chi connectivity index (χ4n) is 1.90. The summed E-state index contributed by atoms with van der Waals surface area (Å²) >= 11 is 1.65. The van der Waals surface area contributed by atoms with Crippen LogP contribution in [0.5, 0.6) is 0 Å². The molecular formula is C16H18FNS. The molecule has 2 aromatic carbocycles. The van der Waals surface area contributed by atoms with Crippen molar-refractivity contribution in [1.29, 1.82) is 0 Å². The van der Waals surface area contributed by atoms with Gasteiger partial charge in [-0.25, -0.2) is 4.39 Å². The van der Waals surface area contributed by atoms with Gasteiger partial charge in [-0.05, 0) is 55.7 Å². The van der Waals surface area contributed by atoms with Crippen LogP contribution >= 0.6 is 11.8 Å². The predicted molar refractivity (Wildman–Crippen MR) is 79.0 cm³/mol. The number of rotatable bonds is 3. The van der Waals surface area contributed by atoms with Crippen molar-refractivity contribution in [2.45, 2.75) is 36.6 Å². The van der Waals surface area contributed by atoms with Gasteiger partial charge in [0.15, 0.2) is 0 Å². The molecule has 0 aliphatic heterocycles. The summed E-state index contributed by atoms with van der Waals surface area (Å²) in [7, 11) is 0. The topological polar surface area (TPSA) is 26.0 Å². The second kappa shape index (κ2) is 5.76. The maximum Gasteiger partial charge on any atom is 0.126 e. The highest BCUT2D eigenvalue weighted by Crippen LogP contribution is 2.35. The van der Waals surface area contributed by atoms with Crippen molar-refractivity contribution in [3.05, 3.63) is 58.9 Å². The van der Waals surface area contributed by atoms with Crippen molar-refractivity contribution in [2.24, 2.45) is 5.73 Å². The number of aryl methyl sites for hydroxylation is 2. The van der Waals surface area contributed by atoms with Gasteiger partial charge < -0.3 is 5.73 Å². The molecule has 0 radical (unpaired) electrons. The minimum absolute atomic E-state index is 0.179. The van der Waals surface area contributed by atoms with Crippen LogP contribution in [0.3, 0.4) is 0 Å². The largest absolute Gasteiger partial charge is 0.324 e. The van der Waals surface area contributed by atoms with E-state index >= 15 is 0 Å². The molecule has 0 aliphatic carbocycles. The Morgan fingerprint density at radius 2 is 1.74 bits per heavy atom. The number of halogens is 1. The first-order valence-electron chi connectivity index (χ1n) is 6.28. The lowest BCUT2D eigenvalue weighted by molar-refractivity contribution is 0.610. The molecule has 0 saturated carbocycles. The van der Waals surface area contributed by atoms with Crippen LogP contribution in [0, 0.1) is 19.7 Å². The summed E-state index contributed by atoms with van der Waals surface area (Å²) < 4.78 is 13.7. The Kier molecular flexibility index (Phi) is 4.27. The molecular weight excluding hydrogens is 257 g/mol. The Hall–Kier alpha value is -1.32. The third-order valence-corrected chi connectivity index (χ3v) is 4.35. The molecule has 0 aliphatic rings. The molecule has 0 spiro atoms. The van der Waals surface area contributed by atoms with Gasteiger partial charge in [-0.3, -0.25) is 0 Å². The van der Waals surface area contributed by atoms with Crippen LogP contribution in [-0.2, 0) is 0 Å². The molecule has 0 saturated heterocycles. The Labute approximate surface area is 118 Å². The van der Waals surface area contributed by atoms with E-state index in [4.69, 9.17) is 5.73 Å². The second-order valence-electron chi connectivity index (χ2n) is 4.80. The zero-order valence-electron chi connectivity index (χ0n) is 11.4. The highest BCUT2D eigenvalue weighted by Gasteiger charge is 2.12. The molecule has 1 nitrogen and oxygen atoms in total. The molecule has 1 atom stereocenters. The molecule has 2 rings (SSSR count). The van der Waals surface area contributed by atoms with Crippen molar-refractivity contribution < 1.29 is 4.39 Å². The number of nitrogens with two attached hydrogens (primary N) is 1. The summed E-state index contributed by atoms with van der Waals surface area (Å²) in [5, 5.41) is 0. The first-order chi connectivity index (χ1) is 8.99. The maximum absolute atomic E-state index is 13.7. The van der Waals surface area contributed by atoms with E-state index in [0.29, 0.717) is 5.56 Å². The van der Waals surface area contributed by atoms with E-state index in [1.165, 1.54) is 10.5 Å². The fourth-order valence-corrected chi connectivity index (χ4v) is 3.11. The van der Waals surface area contributed by atoms with E-state index in [9.17, 15) is 4.39 Å². The fraction of sp³-hybridized carbons (Fsp3) is 0.250. The Bertz CT molecular complexity index is 593. The number of hydrogen-bond acceptors (Lipinski definition) is 2. The van der Waals surface area contributed by atoms with Crippen molar-refractivity contribution in [1.82, 2.24) is 0 Å². The standard InChI is InChI=1S/C16H18FNS/c1-10-6-4-5-7-15(10)19-16-8-11(2)14(17)9-13(16)12(3)18/h4-9,12H,18H2,1-3H3/t12-/m1/s1. The van der Waals surface area contributed by atoms with Crippen LogP contribution in [-0.4, -0.2) is 0 Å². The summed E-state index contributed by atoms with van der Waals surface area (Å²) in [6.07, 6.45) is 0. The van der Waals surface area contributed by atoms with Gasteiger partial charge in [-0.1, -0.05) is 30.0 Å². The lowest BCUT2D eigenvalue weighted by atomic mass is 10.1. The van der Waals surface area contributed by atoms with Gasteiger partial charge in [0, 0.05) is 15.8 Å². The molecule has 0 aromatic heterocycles. The number of hydrogen-bond donors (Lipinski definition) is 1. The SMILES string of the molecule is Cc1cc(Sc2ccccc2C)c([C@@H](C)N)cc1F. The van der Waals surface area contributed by atoms with E-state index in [1.54, 1.807) is 24.8 Å². The minimum Gasteiger partial charge on any atom is -0.324 e. The third-order valence-electron chi connectivity index (χ3n) is 3.10. The predicted octanol–water partition coefficient (Wildman–Crippen LogP) is 4.61. The Balaban J connectivity index is 2.45. The monoisotopic (exact) mass is 275 g/mol. The van der Waals surface area contributed by atoms with Gasteiger partial charge in [-0.15, -0.1) is 0 Å². The van der Waals surface area contributed by atoms with E-state index in [0.717, 1.165) is 10.5 Å². The molecule has 0 unspecified atom stereocenters. The van der Waals surface area contributed by atoms with E-state index in [-0.39, 0.29) is 11.9 Å². The normalized spacial score (nSPS) is 12.5. The van der Waals surface area contributed by atoms with Crippen LogP contribution in [0.2, 0.25) is 0 Å². The third kappa shape index (κ3) is 3.17. The van der Waals surface area contributed by atoms with Crippen molar-refractivity contribution >= 4 is 11.8 Å². The first-order valence-corrected chi connectivity index (χ1v) is 7.10. The van der Waals surface area contributed by atoms with Gasteiger partial charge in [0.05, 0.1) is 0 Å². The van der Waals surface area contributed by atoms with Crippen molar-refractivity contribution in [2.75, 3.05) is 0 Å². The highest BCUT2D eigenvalue weighted by atomic mass is 32.2. The summed E-state index contributed by atoms with van der Waals surface area (Å²) in [6, 6.07) is 11.4. The number of benzene rings is 2. The van der Waals surface area contributed by atoms with Gasteiger partial charge in [0.25, 0.3) is 0 Å². The van der Waals surface area contributed by atoms with E-state index < -0.39 is 0 Å². The summed E-state index contributed by atoms with van der Waals surface area (Å²) in [4.78, 5) is 2.21. The van der Waals surface area contributed by atoms with Gasteiger partial charge in [0.1, 0.15) is 5.82 Å². The molecule has 3 heteroatoms. The molecule has 100 valence electrons.